The summed E-state index contributed by atoms with van der Waals surface area (Å²) in [5.41, 5.74) is 2.91. The average Bonchev–Trinajstić information content (AvgIpc) is 3.02. The first kappa shape index (κ1) is 19.8. The van der Waals surface area contributed by atoms with Crippen molar-refractivity contribution >= 4 is 11.8 Å². The average molecular weight is 403 g/mol. The third kappa shape index (κ3) is 4.08. The minimum absolute atomic E-state index is 0.105. The van der Waals surface area contributed by atoms with Crippen molar-refractivity contribution in [3.05, 3.63) is 101 Å². The van der Waals surface area contributed by atoms with Gasteiger partial charge in [-0.25, -0.2) is 4.39 Å². The van der Waals surface area contributed by atoms with Crippen molar-refractivity contribution < 1.29 is 14.0 Å². The molecule has 2 heterocycles. The van der Waals surface area contributed by atoms with Crippen molar-refractivity contribution in [2.24, 2.45) is 0 Å². The highest BCUT2D eigenvalue weighted by Gasteiger charge is 2.39. The van der Waals surface area contributed by atoms with Crippen LogP contribution in [0.1, 0.15) is 52.6 Å². The maximum atomic E-state index is 13.3. The Morgan fingerprint density at radius 3 is 2.57 bits per heavy atom. The molecule has 2 aromatic carbocycles. The minimum atomic E-state index is -0.471. The lowest BCUT2D eigenvalue weighted by atomic mass is 10.1. The summed E-state index contributed by atoms with van der Waals surface area (Å²) in [6.45, 7) is 2.21. The van der Waals surface area contributed by atoms with E-state index in [1.54, 1.807) is 35.4 Å². The van der Waals surface area contributed by atoms with E-state index < -0.39 is 6.04 Å². The summed E-state index contributed by atoms with van der Waals surface area (Å²) in [6.07, 6.45) is 1.74. The second-order valence-electron chi connectivity index (χ2n) is 7.42. The summed E-state index contributed by atoms with van der Waals surface area (Å²) in [4.78, 5) is 31.8. The van der Waals surface area contributed by atoms with Gasteiger partial charge in [0.05, 0.1) is 29.8 Å². The normalized spacial score (nSPS) is 16.3. The zero-order valence-electron chi connectivity index (χ0n) is 16.6. The monoisotopic (exact) mass is 403 g/mol. The molecule has 0 bridgehead atoms. The molecule has 0 unspecified atom stereocenters. The van der Waals surface area contributed by atoms with Gasteiger partial charge in [-0.3, -0.25) is 14.6 Å². The van der Waals surface area contributed by atoms with Crippen LogP contribution in [0.25, 0.3) is 0 Å². The summed E-state index contributed by atoms with van der Waals surface area (Å²) in [6, 6.07) is 18.6. The number of pyridine rings is 1. The Morgan fingerprint density at radius 2 is 1.83 bits per heavy atom. The van der Waals surface area contributed by atoms with Crippen molar-refractivity contribution in [1.82, 2.24) is 15.2 Å². The first-order valence-corrected chi connectivity index (χ1v) is 9.87. The molecule has 1 N–H and O–H groups in total. The zero-order chi connectivity index (χ0) is 21.1. The number of rotatable bonds is 6. The number of fused-ring (bicyclic) bond motifs is 1. The number of hydrogen-bond acceptors (Lipinski definition) is 3. The Bertz CT molecular complexity index is 1050. The van der Waals surface area contributed by atoms with Crippen LogP contribution in [-0.2, 0) is 11.3 Å². The van der Waals surface area contributed by atoms with Crippen LogP contribution in [0.3, 0.4) is 0 Å². The molecule has 2 amide bonds. The van der Waals surface area contributed by atoms with Gasteiger partial charge in [-0.1, -0.05) is 42.5 Å². The van der Waals surface area contributed by atoms with Crippen molar-refractivity contribution in [1.29, 1.82) is 0 Å². The molecule has 0 saturated carbocycles. The van der Waals surface area contributed by atoms with Crippen LogP contribution in [0.15, 0.2) is 72.9 Å². The fourth-order valence-corrected chi connectivity index (χ4v) is 3.78. The number of benzene rings is 2. The number of hydrogen-bond donors (Lipinski definition) is 1. The number of carbonyl (C=O) groups is 2. The van der Waals surface area contributed by atoms with Crippen LogP contribution in [0, 0.1) is 5.82 Å². The van der Waals surface area contributed by atoms with E-state index in [0.29, 0.717) is 11.3 Å². The first-order chi connectivity index (χ1) is 14.5. The second kappa shape index (κ2) is 8.45. The molecule has 0 fully saturated rings. The number of carbonyl (C=O) groups excluding carboxylic acids is 2. The zero-order valence-corrected chi connectivity index (χ0v) is 16.6. The van der Waals surface area contributed by atoms with Crippen LogP contribution < -0.4 is 5.32 Å². The fraction of sp³-hybridized carbons (Fsp3) is 0.208. The third-order valence-corrected chi connectivity index (χ3v) is 5.34. The predicted molar refractivity (Wildman–Crippen MR) is 111 cm³/mol. The van der Waals surface area contributed by atoms with E-state index in [-0.39, 0.29) is 36.6 Å². The summed E-state index contributed by atoms with van der Waals surface area (Å²) in [5.74, 6) is -0.662. The largest absolute Gasteiger partial charge is 0.350 e. The maximum Gasteiger partial charge on any atom is 0.256 e. The van der Waals surface area contributed by atoms with Gasteiger partial charge in [-0.15, -0.1) is 0 Å². The Morgan fingerprint density at radius 1 is 1.10 bits per heavy atom. The van der Waals surface area contributed by atoms with E-state index in [1.807, 2.05) is 37.3 Å². The lowest BCUT2D eigenvalue weighted by Gasteiger charge is -2.25. The Kier molecular flexibility index (Phi) is 5.57. The van der Waals surface area contributed by atoms with Crippen molar-refractivity contribution in [3.63, 3.8) is 0 Å². The SMILES string of the molecule is C[C@@H](NC(=O)C[C@H]1c2ncccc2C(=O)N1Cc1ccc(F)cc1)c1ccccc1. The molecule has 0 spiro atoms. The van der Waals surface area contributed by atoms with E-state index in [1.165, 1.54) is 12.1 Å². The van der Waals surface area contributed by atoms with E-state index in [4.69, 9.17) is 0 Å². The highest BCUT2D eigenvalue weighted by Crippen LogP contribution is 2.35. The van der Waals surface area contributed by atoms with Gasteiger partial charge in [-0.2, -0.15) is 0 Å². The quantitative estimate of drug-likeness (QED) is 0.671. The summed E-state index contributed by atoms with van der Waals surface area (Å²) in [5, 5.41) is 3.01. The molecule has 0 aliphatic carbocycles. The molecule has 1 aliphatic heterocycles. The number of nitrogens with one attached hydrogen (secondary N) is 1. The first-order valence-electron chi connectivity index (χ1n) is 9.87. The van der Waals surface area contributed by atoms with Crippen LogP contribution in [-0.4, -0.2) is 21.7 Å². The molecule has 152 valence electrons. The van der Waals surface area contributed by atoms with Gasteiger partial charge < -0.3 is 10.2 Å². The van der Waals surface area contributed by atoms with Crippen molar-refractivity contribution in [2.45, 2.75) is 32.0 Å². The molecule has 30 heavy (non-hydrogen) atoms. The Hall–Kier alpha value is -3.54. The molecule has 0 saturated heterocycles. The number of nitrogens with zero attached hydrogens (tertiary/aromatic N) is 2. The minimum Gasteiger partial charge on any atom is -0.350 e. The molecule has 4 rings (SSSR count). The highest BCUT2D eigenvalue weighted by molar-refractivity contribution is 5.99. The predicted octanol–water partition coefficient (Wildman–Crippen LogP) is 4.19. The molecule has 6 heteroatoms. The van der Waals surface area contributed by atoms with Gasteiger partial charge in [0.25, 0.3) is 5.91 Å². The smallest absolute Gasteiger partial charge is 0.256 e. The van der Waals surface area contributed by atoms with E-state index in [9.17, 15) is 14.0 Å². The number of amides is 2. The Balaban J connectivity index is 1.54. The van der Waals surface area contributed by atoms with Crippen molar-refractivity contribution in [2.75, 3.05) is 0 Å². The van der Waals surface area contributed by atoms with Gasteiger partial charge in [0.15, 0.2) is 0 Å². The topological polar surface area (TPSA) is 62.3 Å². The van der Waals surface area contributed by atoms with Crippen LogP contribution in [0.2, 0.25) is 0 Å². The van der Waals surface area contributed by atoms with Crippen LogP contribution in [0.4, 0.5) is 4.39 Å². The molecular formula is C24H22FN3O2. The van der Waals surface area contributed by atoms with E-state index in [2.05, 4.69) is 10.3 Å². The number of aromatic nitrogens is 1. The molecule has 5 nitrogen and oxygen atoms in total. The molecular weight excluding hydrogens is 381 g/mol. The summed E-state index contributed by atoms with van der Waals surface area (Å²) < 4.78 is 13.3. The summed E-state index contributed by atoms with van der Waals surface area (Å²) in [7, 11) is 0. The van der Waals surface area contributed by atoms with Gasteiger partial charge in [0.2, 0.25) is 5.91 Å². The van der Waals surface area contributed by atoms with Gasteiger partial charge in [0, 0.05) is 12.7 Å². The fourth-order valence-electron chi connectivity index (χ4n) is 3.78. The molecule has 3 aromatic rings. The van der Waals surface area contributed by atoms with Crippen LogP contribution >= 0.6 is 0 Å². The summed E-state index contributed by atoms with van der Waals surface area (Å²) >= 11 is 0. The maximum absolute atomic E-state index is 13.3. The van der Waals surface area contributed by atoms with Crippen molar-refractivity contribution in [3.8, 4) is 0 Å². The standard InChI is InChI=1S/C24H22FN3O2/c1-16(18-6-3-2-4-7-18)27-22(29)14-21-23-20(8-5-13-26-23)24(30)28(21)15-17-9-11-19(25)12-10-17/h2-13,16,21H,14-15H2,1H3,(H,27,29)/t16-,21+/m1/s1. The van der Waals surface area contributed by atoms with Crippen LogP contribution in [0.5, 0.6) is 0 Å². The molecule has 1 aromatic heterocycles. The Labute approximate surface area is 174 Å². The lowest BCUT2D eigenvalue weighted by Crippen LogP contribution is -2.33. The third-order valence-electron chi connectivity index (χ3n) is 5.34. The van der Waals surface area contributed by atoms with E-state index in [0.717, 1.165) is 11.1 Å². The molecule has 0 radical (unpaired) electrons. The molecule has 2 atom stereocenters. The van der Waals surface area contributed by atoms with Gasteiger partial charge in [-0.05, 0) is 42.3 Å². The van der Waals surface area contributed by atoms with E-state index >= 15 is 0 Å². The van der Waals surface area contributed by atoms with Gasteiger partial charge in [0.1, 0.15) is 5.82 Å². The highest BCUT2D eigenvalue weighted by atomic mass is 19.1. The van der Waals surface area contributed by atoms with Gasteiger partial charge >= 0.3 is 0 Å². The molecule has 1 aliphatic rings. The number of halogens is 1. The second-order valence-corrected chi connectivity index (χ2v) is 7.42. The lowest BCUT2D eigenvalue weighted by molar-refractivity contribution is -0.122.